The van der Waals surface area contributed by atoms with E-state index in [0.29, 0.717) is 0 Å². The number of aryl methyl sites for hydroxylation is 4. The largest absolute Gasteiger partial charge is 0.0622 e. The molecule has 0 aliphatic heterocycles. The van der Waals surface area contributed by atoms with Gasteiger partial charge in [0.05, 0.1) is 0 Å². The first-order valence-corrected chi connectivity index (χ1v) is 20.9. The van der Waals surface area contributed by atoms with Crippen LogP contribution in [0.1, 0.15) is 66.8 Å². The van der Waals surface area contributed by atoms with Gasteiger partial charge in [0, 0.05) is 0 Å². The highest BCUT2D eigenvalue weighted by Gasteiger charge is 2.34. The van der Waals surface area contributed by atoms with E-state index in [-0.39, 0.29) is 0 Å². The first-order chi connectivity index (χ1) is 29.4. The van der Waals surface area contributed by atoms with Crippen LogP contribution in [0.4, 0.5) is 0 Å². The molecule has 0 heteroatoms. The van der Waals surface area contributed by atoms with Gasteiger partial charge in [0.1, 0.15) is 0 Å². The van der Waals surface area contributed by atoms with E-state index in [1.807, 2.05) is 0 Å². The number of hydrogen-bond donors (Lipinski definition) is 0. The third kappa shape index (κ3) is 7.57. The van der Waals surface area contributed by atoms with Gasteiger partial charge in [0.2, 0.25) is 0 Å². The van der Waals surface area contributed by atoms with Crippen LogP contribution in [0.5, 0.6) is 0 Å². The average Bonchev–Trinajstić information content (AvgIpc) is 3.27. The number of rotatable bonds is 8. The lowest BCUT2D eigenvalue weighted by Crippen LogP contribution is -2.10. The first-order valence-electron chi connectivity index (χ1n) is 20.9. The molecule has 9 rings (SSSR count). The molecule has 8 aromatic rings. The Hall–Kier alpha value is -7.28. The summed E-state index contributed by atoms with van der Waals surface area (Å²) in [6, 6.07) is 80.9. The lowest BCUT2D eigenvalue weighted by molar-refractivity contribution is 1.43. The molecule has 8 aromatic carbocycles. The summed E-state index contributed by atoms with van der Waals surface area (Å²) in [5, 5.41) is 0. The van der Waals surface area contributed by atoms with Gasteiger partial charge in [-0.25, -0.2) is 0 Å². The van der Waals surface area contributed by atoms with Crippen molar-refractivity contribution >= 4 is 44.6 Å². The van der Waals surface area contributed by atoms with E-state index >= 15 is 0 Å². The molecular formula is C60H48. The van der Waals surface area contributed by atoms with Crippen LogP contribution >= 0.6 is 0 Å². The van der Waals surface area contributed by atoms with Gasteiger partial charge in [-0.2, -0.15) is 0 Å². The molecule has 0 atom stereocenters. The van der Waals surface area contributed by atoms with Gasteiger partial charge in [0.15, 0.2) is 0 Å². The Balaban J connectivity index is 1.70. The van der Waals surface area contributed by atoms with Crippen LogP contribution in [0.2, 0.25) is 0 Å². The highest BCUT2D eigenvalue weighted by molar-refractivity contribution is 6.44. The fourth-order valence-corrected chi connectivity index (χ4v) is 8.93. The Labute approximate surface area is 355 Å². The van der Waals surface area contributed by atoms with E-state index < -0.39 is 0 Å². The molecule has 0 nitrogen and oxygen atoms in total. The lowest BCUT2D eigenvalue weighted by atomic mass is 9.69. The van der Waals surface area contributed by atoms with Crippen LogP contribution in [0.3, 0.4) is 0 Å². The van der Waals surface area contributed by atoms with E-state index in [9.17, 15) is 0 Å². The highest BCUT2D eigenvalue weighted by atomic mass is 14.4. The summed E-state index contributed by atoms with van der Waals surface area (Å²) in [6.45, 7) is 8.83. The van der Waals surface area contributed by atoms with Crippen LogP contribution in [-0.4, -0.2) is 0 Å². The van der Waals surface area contributed by atoms with Crippen molar-refractivity contribution in [1.82, 2.24) is 0 Å². The molecule has 60 heavy (non-hydrogen) atoms. The molecule has 1 aliphatic carbocycles. The molecule has 0 fully saturated rings. The summed E-state index contributed by atoms with van der Waals surface area (Å²) in [5.74, 6) is 0. The lowest BCUT2D eigenvalue weighted by Gasteiger charge is -2.33. The Kier molecular flexibility index (Phi) is 10.8. The van der Waals surface area contributed by atoms with E-state index in [4.69, 9.17) is 0 Å². The maximum absolute atomic E-state index is 2.38. The van der Waals surface area contributed by atoms with E-state index in [2.05, 4.69) is 246 Å². The van der Waals surface area contributed by atoms with Crippen molar-refractivity contribution in [2.75, 3.05) is 0 Å². The quantitative estimate of drug-likeness (QED) is 0.144. The zero-order valence-electron chi connectivity index (χ0n) is 34.8. The van der Waals surface area contributed by atoms with E-state index in [1.165, 1.54) is 89.1 Å². The second-order valence-corrected chi connectivity index (χ2v) is 15.9. The van der Waals surface area contributed by atoms with Gasteiger partial charge in [-0.1, -0.05) is 241 Å². The minimum Gasteiger partial charge on any atom is -0.0622 e. The standard InChI is InChI=1S/C60H48/c1-41-21-17-33-49(37-41)57-53(45-25-9-5-10-26-45)58(50-34-18-22-42(2)38-50)55(47-29-13-7-14-30-47)60(52-36-20-24-44(4)40-52)56(48-31-15-8-16-32-48)59(51-35-19-23-43(3)39-51)54(57)46-27-11-6-12-28-46/h5-40H,1-4H3/b57-53-,57-54?,58-53?,58-55-,59-54-,59-56?,60-55?,60-56-. The van der Waals surface area contributed by atoms with Crippen LogP contribution < -0.4 is 0 Å². The average molecular weight is 769 g/mol. The smallest absolute Gasteiger partial charge is 0.00138 e. The Bertz CT molecular complexity index is 2520. The summed E-state index contributed by atoms with van der Waals surface area (Å²) in [6.07, 6.45) is 0. The summed E-state index contributed by atoms with van der Waals surface area (Å²) in [7, 11) is 0. The second kappa shape index (κ2) is 16.9. The molecule has 0 spiro atoms. The van der Waals surface area contributed by atoms with Crippen molar-refractivity contribution in [3.05, 3.63) is 285 Å². The number of allylic oxidation sites excluding steroid dienone is 8. The van der Waals surface area contributed by atoms with Crippen LogP contribution in [0.15, 0.2) is 218 Å². The van der Waals surface area contributed by atoms with Gasteiger partial charge < -0.3 is 0 Å². The normalized spacial score (nSPS) is 18.2. The molecule has 0 unspecified atom stereocenters. The summed E-state index contributed by atoms with van der Waals surface area (Å²) in [5.41, 5.74) is 23.6. The second-order valence-electron chi connectivity index (χ2n) is 15.9. The monoisotopic (exact) mass is 768 g/mol. The van der Waals surface area contributed by atoms with Gasteiger partial charge >= 0.3 is 0 Å². The summed E-state index contributed by atoms with van der Waals surface area (Å²) >= 11 is 0. The molecule has 0 bridgehead atoms. The van der Waals surface area contributed by atoms with E-state index in [0.717, 1.165) is 22.3 Å². The molecule has 0 radical (unpaired) electrons. The van der Waals surface area contributed by atoms with Crippen molar-refractivity contribution in [3.8, 4) is 0 Å². The van der Waals surface area contributed by atoms with Gasteiger partial charge in [-0.05, 0) is 117 Å². The number of benzene rings is 8. The maximum atomic E-state index is 2.38. The molecule has 0 amide bonds. The van der Waals surface area contributed by atoms with Crippen molar-refractivity contribution in [2.45, 2.75) is 27.7 Å². The van der Waals surface area contributed by atoms with Crippen LogP contribution in [0, 0.1) is 27.7 Å². The third-order valence-electron chi connectivity index (χ3n) is 11.5. The molecule has 0 heterocycles. The zero-order valence-corrected chi connectivity index (χ0v) is 34.8. The molecule has 288 valence electrons. The van der Waals surface area contributed by atoms with Crippen LogP contribution in [-0.2, 0) is 0 Å². The molecule has 0 saturated carbocycles. The maximum Gasteiger partial charge on any atom is -0.00138 e. The number of hydrogen-bond acceptors (Lipinski definition) is 0. The van der Waals surface area contributed by atoms with Crippen molar-refractivity contribution in [1.29, 1.82) is 0 Å². The molecule has 0 N–H and O–H groups in total. The Morgan fingerprint density at radius 2 is 0.333 bits per heavy atom. The first kappa shape index (κ1) is 38.2. The molecular weight excluding hydrogens is 721 g/mol. The Morgan fingerprint density at radius 1 is 0.167 bits per heavy atom. The molecule has 1 aliphatic rings. The van der Waals surface area contributed by atoms with Gasteiger partial charge in [-0.15, -0.1) is 0 Å². The van der Waals surface area contributed by atoms with Crippen LogP contribution in [0.25, 0.3) is 44.6 Å². The molecule has 0 saturated heterocycles. The van der Waals surface area contributed by atoms with Crippen molar-refractivity contribution in [2.24, 2.45) is 0 Å². The van der Waals surface area contributed by atoms with Gasteiger partial charge in [-0.3, -0.25) is 0 Å². The molecule has 0 aromatic heterocycles. The highest BCUT2D eigenvalue weighted by Crippen LogP contribution is 2.57. The Morgan fingerprint density at radius 3 is 0.517 bits per heavy atom. The van der Waals surface area contributed by atoms with Crippen molar-refractivity contribution < 1.29 is 0 Å². The predicted octanol–water partition coefficient (Wildman–Crippen LogP) is 15.7. The van der Waals surface area contributed by atoms with E-state index in [1.54, 1.807) is 0 Å². The topological polar surface area (TPSA) is 0 Å². The zero-order chi connectivity index (χ0) is 41.0. The fourth-order valence-electron chi connectivity index (χ4n) is 8.93. The summed E-state index contributed by atoms with van der Waals surface area (Å²) < 4.78 is 0. The third-order valence-corrected chi connectivity index (χ3v) is 11.5. The minimum atomic E-state index is 1.16. The predicted molar refractivity (Wildman–Crippen MR) is 258 cm³/mol. The summed E-state index contributed by atoms with van der Waals surface area (Å²) in [4.78, 5) is 0. The minimum absolute atomic E-state index is 1.16. The van der Waals surface area contributed by atoms with Gasteiger partial charge in [0.25, 0.3) is 0 Å². The fraction of sp³-hybridized carbons (Fsp3) is 0.0667. The SMILES string of the molecule is Cc1cccc(C2=C(c3ccccc3)/C(c3cccc(C)c3)=C(c3ccccc3)\C(c3cccc(C)c3)=C(c3ccccc3)/C(c3cccc(C)c3)=C\2c2ccccc2)c1. The van der Waals surface area contributed by atoms with Crippen molar-refractivity contribution in [3.63, 3.8) is 0 Å².